The summed E-state index contributed by atoms with van der Waals surface area (Å²) in [5.74, 6) is 0.231. The quantitative estimate of drug-likeness (QED) is 0.127. The molecule has 0 heterocycles. The first kappa shape index (κ1) is 30.5. The van der Waals surface area contributed by atoms with Gasteiger partial charge in [-0.05, 0) is 20.3 Å². The summed E-state index contributed by atoms with van der Waals surface area (Å²) in [6, 6.07) is 0. The topological polar surface area (TPSA) is 95.5 Å². The van der Waals surface area contributed by atoms with E-state index < -0.39 is 10.4 Å². The molecule has 1 unspecified atom stereocenters. The largest absolute Gasteiger partial charge is 0.726 e. The van der Waals surface area contributed by atoms with Crippen LogP contribution < -0.4 is 5.32 Å². The predicted octanol–water partition coefficient (Wildman–Crippen LogP) is 4.34. The van der Waals surface area contributed by atoms with Crippen LogP contribution in [0.2, 0.25) is 0 Å². The molecule has 0 aromatic carbocycles. The molecule has 7 nitrogen and oxygen atoms in total. The molecule has 0 saturated heterocycles. The highest BCUT2D eigenvalue weighted by molar-refractivity contribution is 7.80. The zero-order valence-corrected chi connectivity index (χ0v) is 20.5. The van der Waals surface area contributed by atoms with Gasteiger partial charge in [-0.15, -0.1) is 0 Å². The number of amides is 1. The molecule has 0 aliphatic rings. The van der Waals surface area contributed by atoms with E-state index in [1.54, 1.807) is 0 Å². The molecule has 0 aromatic heterocycles. The Morgan fingerprint density at radius 1 is 0.931 bits per heavy atom. The molecule has 1 atom stereocenters. The first-order chi connectivity index (χ1) is 13.5. The van der Waals surface area contributed by atoms with Crippen LogP contribution in [-0.2, 0) is 19.4 Å². The van der Waals surface area contributed by atoms with Crippen LogP contribution in [-0.4, -0.2) is 56.8 Å². The maximum atomic E-state index is 12.1. The molecule has 0 spiro atoms. The molecule has 29 heavy (non-hydrogen) atoms. The van der Waals surface area contributed by atoms with Gasteiger partial charge < -0.3 is 14.4 Å². The average Bonchev–Trinajstić information content (AvgIpc) is 2.64. The standard InChI is InChI=1S/C19H40N2O.C2H6O4S/c1-6-9-10-11-12-13-14-15-16-17-19(22)20-18(7-2)21(4,5)8-3;1-2-6-7(3,4)5/h18H,6-17H2,1-5H3;2H2,1H3,(H,3,4,5). The van der Waals surface area contributed by atoms with E-state index in [4.69, 9.17) is 0 Å². The molecule has 0 radical (unpaired) electrons. The van der Waals surface area contributed by atoms with Gasteiger partial charge >= 0.3 is 0 Å². The lowest BCUT2D eigenvalue weighted by molar-refractivity contribution is -0.915. The van der Waals surface area contributed by atoms with Gasteiger partial charge in [-0.2, -0.15) is 0 Å². The van der Waals surface area contributed by atoms with Crippen LogP contribution in [0.4, 0.5) is 0 Å². The summed E-state index contributed by atoms with van der Waals surface area (Å²) in [7, 11) is -0.0492. The summed E-state index contributed by atoms with van der Waals surface area (Å²) in [6.45, 7) is 8.96. The van der Waals surface area contributed by atoms with Crippen LogP contribution in [0.15, 0.2) is 0 Å². The van der Waals surface area contributed by atoms with Crippen molar-refractivity contribution in [2.75, 3.05) is 27.2 Å². The maximum Gasteiger partial charge on any atom is 0.224 e. The number of unbranched alkanes of at least 4 members (excludes halogenated alkanes) is 8. The third-order valence-corrected chi connectivity index (χ3v) is 5.67. The Kier molecular flexibility index (Phi) is 19.0. The molecular formula is C21H46N2O5S. The molecule has 0 rings (SSSR count). The number of nitrogens with zero attached hydrogens (tertiary/aromatic N) is 1. The fourth-order valence-corrected chi connectivity index (χ4v) is 3.28. The summed E-state index contributed by atoms with van der Waals surface area (Å²) < 4.78 is 32.9. The Labute approximate surface area is 180 Å². The van der Waals surface area contributed by atoms with E-state index >= 15 is 0 Å². The number of quaternary nitrogens is 1. The van der Waals surface area contributed by atoms with E-state index in [2.05, 4.69) is 44.4 Å². The van der Waals surface area contributed by atoms with Crippen LogP contribution in [0.3, 0.4) is 0 Å². The smallest absolute Gasteiger partial charge is 0.224 e. The summed E-state index contributed by atoms with van der Waals surface area (Å²) in [6.07, 6.45) is 13.6. The van der Waals surface area contributed by atoms with E-state index in [1.807, 2.05) is 0 Å². The highest BCUT2D eigenvalue weighted by atomic mass is 32.3. The second-order valence-corrected chi connectivity index (χ2v) is 9.03. The minimum atomic E-state index is -4.42. The van der Waals surface area contributed by atoms with Crippen molar-refractivity contribution in [1.29, 1.82) is 0 Å². The second-order valence-electron chi connectivity index (χ2n) is 7.98. The van der Waals surface area contributed by atoms with Gasteiger partial charge in [-0.25, -0.2) is 8.42 Å². The third kappa shape index (κ3) is 20.4. The van der Waals surface area contributed by atoms with E-state index in [0.29, 0.717) is 6.42 Å². The Morgan fingerprint density at radius 3 is 1.76 bits per heavy atom. The van der Waals surface area contributed by atoms with Crippen molar-refractivity contribution in [2.24, 2.45) is 0 Å². The van der Waals surface area contributed by atoms with Crippen molar-refractivity contribution in [2.45, 2.75) is 104 Å². The fourth-order valence-electron chi connectivity index (χ4n) is 2.99. The Balaban J connectivity index is 0. The summed E-state index contributed by atoms with van der Waals surface area (Å²) in [5, 5.41) is 3.22. The second kappa shape index (κ2) is 18.1. The van der Waals surface area contributed by atoms with Gasteiger partial charge in [0.15, 0.2) is 6.17 Å². The lowest BCUT2D eigenvalue weighted by Crippen LogP contribution is -2.57. The Bertz CT molecular complexity index is 495. The zero-order valence-electron chi connectivity index (χ0n) is 19.7. The maximum absolute atomic E-state index is 12.1. The van der Waals surface area contributed by atoms with Crippen LogP contribution >= 0.6 is 0 Å². The molecular weight excluding hydrogens is 392 g/mol. The molecule has 1 amide bonds. The zero-order chi connectivity index (χ0) is 22.8. The van der Waals surface area contributed by atoms with Crippen molar-refractivity contribution >= 4 is 16.3 Å². The van der Waals surface area contributed by atoms with Crippen LogP contribution in [0.25, 0.3) is 0 Å². The first-order valence-electron chi connectivity index (χ1n) is 11.3. The highest BCUT2D eigenvalue weighted by Crippen LogP contribution is 2.11. The van der Waals surface area contributed by atoms with Crippen LogP contribution in [0, 0.1) is 0 Å². The van der Waals surface area contributed by atoms with Gasteiger partial charge in [-0.1, -0.05) is 65.2 Å². The number of rotatable bonds is 16. The van der Waals surface area contributed by atoms with Crippen molar-refractivity contribution in [1.82, 2.24) is 5.32 Å². The molecule has 0 aliphatic heterocycles. The normalized spacial score (nSPS) is 12.8. The molecule has 0 saturated carbocycles. The molecule has 0 aliphatic carbocycles. The van der Waals surface area contributed by atoms with Crippen molar-refractivity contribution in [3.63, 3.8) is 0 Å². The van der Waals surface area contributed by atoms with Crippen molar-refractivity contribution in [3.05, 3.63) is 0 Å². The number of carbonyl (C=O) groups is 1. The summed E-state index contributed by atoms with van der Waals surface area (Å²) in [5.41, 5.74) is 0. The highest BCUT2D eigenvalue weighted by Gasteiger charge is 2.25. The summed E-state index contributed by atoms with van der Waals surface area (Å²) in [4.78, 5) is 12.1. The molecule has 1 N–H and O–H groups in total. The van der Waals surface area contributed by atoms with Gasteiger partial charge in [0.2, 0.25) is 16.3 Å². The lowest BCUT2D eigenvalue weighted by Gasteiger charge is -2.36. The molecule has 0 fully saturated rings. The van der Waals surface area contributed by atoms with E-state index in [9.17, 15) is 17.8 Å². The minimum absolute atomic E-state index is 0.0914. The Morgan fingerprint density at radius 2 is 1.41 bits per heavy atom. The number of carbonyl (C=O) groups excluding carboxylic acids is 1. The Hall–Kier alpha value is -0.700. The van der Waals surface area contributed by atoms with Gasteiger partial charge in [-0.3, -0.25) is 8.98 Å². The molecule has 0 bridgehead atoms. The van der Waals surface area contributed by atoms with Crippen molar-refractivity contribution in [3.8, 4) is 0 Å². The van der Waals surface area contributed by atoms with Crippen LogP contribution in [0.1, 0.15) is 98.3 Å². The SMILES string of the molecule is CCCCCCCCCCCC(=O)NC(CC)[N+](C)(C)CC.CCOS(=O)(=O)[O-]. The minimum Gasteiger partial charge on any atom is -0.726 e. The molecule has 8 heteroatoms. The molecule has 176 valence electrons. The summed E-state index contributed by atoms with van der Waals surface area (Å²) >= 11 is 0. The van der Waals surface area contributed by atoms with Gasteiger partial charge in [0.05, 0.1) is 27.2 Å². The first-order valence-corrected chi connectivity index (χ1v) is 12.6. The third-order valence-electron chi connectivity index (χ3n) is 5.14. The number of nitrogens with one attached hydrogen (secondary N) is 1. The predicted molar refractivity (Wildman–Crippen MR) is 118 cm³/mol. The van der Waals surface area contributed by atoms with Gasteiger partial charge in [0.25, 0.3) is 0 Å². The lowest BCUT2D eigenvalue weighted by atomic mass is 10.1. The van der Waals surface area contributed by atoms with E-state index in [-0.39, 0.29) is 18.7 Å². The van der Waals surface area contributed by atoms with Crippen molar-refractivity contribution < 1.29 is 26.4 Å². The molecule has 0 aromatic rings. The number of hydrogen-bond donors (Lipinski definition) is 1. The fraction of sp³-hybridized carbons (Fsp3) is 0.952. The average molecular weight is 439 g/mol. The van der Waals surface area contributed by atoms with E-state index in [0.717, 1.165) is 23.9 Å². The van der Waals surface area contributed by atoms with E-state index in [1.165, 1.54) is 58.3 Å². The van der Waals surface area contributed by atoms with Gasteiger partial charge in [0, 0.05) is 12.8 Å². The number of hydrogen-bond acceptors (Lipinski definition) is 5. The van der Waals surface area contributed by atoms with Gasteiger partial charge in [0.1, 0.15) is 0 Å². The van der Waals surface area contributed by atoms with Crippen LogP contribution in [0.5, 0.6) is 0 Å². The monoisotopic (exact) mass is 438 g/mol.